The van der Waals surface area contributed by atoms with Gasteiger partial charge in [0.2, 0.25) is 5.91 Å². The number of ether oxygens (including phenoxy) is 2. The topological polar surface area (TPSA) is 77.5 Å². The van der Waals surface area contributed by atoms with E-state index in [2.05, 4.69) is 15.0 Å². The minimum Gasteiger partial charge on any atom is -0.469 e. The zero-order valence-corrected chi connectivity index (χ0v) is 13.0. The highest BCUT2D eigenvalue weighted by Crippen LogP contribution is 2.24. The molecule has 2 rings (SSSR count). The number of anilines is 1. The highest BCUT2D eigenvalue weighted by atomic mass is 16.5. The lowest BCUT2D eigenvalue weighted by Gasteiger charge is -2.09. The molecule has 0 saturated heterocycles. The molecule has 6 heteroatoms. The fraction of sp³-hybridized carbons (Fsp3) is 0.235. The van der Waals surface area contributed by atoms with Gasteiger partial charge in [-0.1, -0.05) is 12.1 Å². The van der Waals surface area contributed by atoms with Crippen LogP contribution in [0.15, 0.2) is 42.6 Å². The Labute approximate surface area is 134 Å². The lowest BCUT2D eigenvalue weighted by atomic mass is 10.1. The molecule has 0 bridgehead atoms. The van der Waals surface area contributed by atoms with Crippen molar-refractivity contribution in [2.45, 2.75) is 19.8 Å². The number of rotatable bonds is 6. The molecule has 0 saturated carbocycles. The summed E-state index contributed by atoms with van der Waals surface area (Å²) in [6.07, 6.45) is 2.46. The molecular weight excluding hydrogens is 296 g/mol. The second kappa shape index (κ2) is 7.93. The Bertz CT molecular complexity index is 700. The summed E-state index contributed by atoms with van der Waals surface area (Å²) in [6.45, 7) is 1.42. The summed E-state index contributed by atoms with van der Waals surface area (Å²) in [5.74, 6) is 1.20. The van der Waals surface area contributed by atoms with Crippen molar-refractivity contribution in [2.75, 3.05) is 12.4 Å². The van der Waals surface area contributed by atoms with Gasteiger partial charge in [-0.15, -0.1) is 0 Å². The van der Waals surface area contributed by atoms with E-state index in [-0.39, 0.29) is 11.9 Å². The van der Waals surface area contributed by atoms with Gasteiger partial charge >= 0.3 is 5.97 Å². The molecule has 1 aromatic carbocycles. The van der Waals surface area contributed by atoms with Crippen molar-refractivity contribution in [2.24, 2.45) is 0 Å². The molecule has 1 heterocycles. The van der Waals surface area contributed by atoms with Gasteiger partial charge in [-0.3, -0.25) is 9.59 Å². The molecule has 23 heavy (non-hydrogen) atoms. The smallest absolute Gasteiger partial charge is 0.305 e. The fourth-order valence-electron chi connectivity index (χ4n) is 1.97. The third-order valence-corrected chi connectivity index (χ3v) is 3.02. The van der Waals surface area contributed by atoms with Gasteiger partial charge in [-0.25, -0.2) is 4.98 Å². The maximum Gasteiger partial charge on any atom is 0.305 e. The molecule has 0 radical (unpaired) electrons. The number of carbonyl (C=O) groups is 2. The lowest BCUT2D eigenvalue weighted by Crippen LogP contribution is -2.07. The normalized spacial score (nSPS) is 10.0. The largest absolute Gasteiger partial charge is 0.469 e. The van der Waals surface area contributed by atoms with Crippen LogP contribution in [0.3, 0.4) is 0 Å². The molecule has 2 aromatic rings. The summed E-state index contributed by atoms with van der Waals surface area (Å²) >= 11 is 0. The van der Waals surface area contributed by atoms with Crippen molar-refractivity contribution in [3.63, 3.8) is 0 Å². The average molecular weight is 314 g/mol. The predicted octanol–water partition coefficient (Wildman–Crippen LogP) is 2.94. The van der Waals surface area contributed by atoms with Crippen LogP contribution in [0, 0.1) is 0 Å². The van der Waals surface area contributed by atoms with Crippen LogP contribution in [0.2, 0.25) is 0 Å². The van der Waals surface area contributed by atoms with Crippen molar-refractivity contribution in [1.82, 2.24) is 4.98 Å². The molecule has 0 spiro atoms. The Morgan fingerprint density at radius 1 is 1.17 bits per heavy atom. The molecule has 1 N–H and O–H groups in total. The first kappa shape index (κ1) is 16.5. The van der Waals surface area contributed by atoms with Crippen LogP contribution in [0.1, 0.15) is 18.9 Å². The first-order valence-electron chi connectivity index (χ1n) is 7.14. The van der Waals surface area contributed by atoms with Gasteiger partial charge in [-0.05, 0) is 30.2 Å². The molecule has 0 fully saturated rings. The van der Waals surface area contributed by atoms with Gasteiger partial charge in [0.1, 0.15) is 17.3 Å². The monoisotopic (exact) mass is 314 g/mol. The quantitative estimate of drug-likeness (QED) is 0.829. The van der Waals surface area contributed by atoms with E-state index in [1.807, 2.05) is 24.3 Å². The van der Waals surface area contributed by atoms with Crippen LogP contribution in [0.25, 0.3) is 0 Å². The molecular formula is C17H18N2O4. The number of hydrogen-bond acceptors (Lipinski definition) is 5. The Hall–Kier alpha value is -2.89. The number of nitrogens with one attached hydrogen (secondary N) is 1. The molecule has 0 aliphatic carbocycles. The zero-order valence-electron chi connectivity index (χ0n) is 13.0. The van der Waals surface area contributed by atoms with Crippen molar-refractivity contribution in [1.29, 1.82) is 0 Å². The van der Waals surface area contributed by atoms with E-state index in [1.165, 1.54) is 14.0 Å². The van der Waals surface area contributed by atoms with Crippen LogP contribution in [-0.2, 0) is 20.7 Å². The summed E-state index contributed by atoms with van der Waals surface area (Å²) in [6, 6.07) is 10.8. The van der Waals surface area contributed by atoms with Crippen molar-refractivity contribution < 1.29 is 19.1 Å². The number of amides is 1. The fourth-order valence-corrected chi connectivity index (χ4v) is 1.97. The Kier molecular flexibility index (Phi) is 5.68. The molecule has 0 atom stereocenters. The Balaban J connectivity index is 2.05. The number of nitrogens with zero attached hydrogens (tertiary/aromatic N) is 1. The van der Waals surface area contributed by atoms with Crippen LogP contribution in [0.5, 0.6) is 11.5 Å². The minimum atomic E-state index is -0.245. The Morgan fingerprint density at radius 3 is 2.70 bits per heavy atom. The van der Waals surface area contributed by atoms with Gasteiger partial charge in [0.15, 0.2) is 0 Å². The maximum absolute atomic E-state index is 11.2. The number of aromatic nitrogens is 1. The van der Waals surface area contributed by atoms with Gasteiger partial charge in [0.05, 0.1) is 7.11 Å². The summed E-state index contributed by atoms with van der Waals surface area (Å²) in [5.41, 5.74) is 0.976. The third kappa shape index (κ3) is 5.43. The third-order valence-electron chi connectivity index (χ3n) is 3.02. The molecule has 120 valence electrons. The molecule has 1 aromatic heterocycles. The minimum absolute atomic E-state index is 0.195. The van der Waals surface area contributed by atoms with Crippen LogP contribution in [0.4, 0.5) is 5.82 Å². The summed E-state index contributed by atoms with van der Waals surface area (Å²) < 4.78 is 10.4. The van der Waals surface area contributed by atoms with E-state index in [0.29, 0.717) is 30.2 Å². The van der Waals surface area contributed by atoms with E-state index in [9.17, 15) is 9.59 Å². The number of esters is 1. The number of methoxy groups -OCH3 is 1. The van der Waals surface area contributed by atoms with E-state index < -0.39 is 0 Å². The van der Waals surface area contributed by atoms with E-state index in [1.54, 1.807) is 18.3 Å². The molecule has 0 aliphatic rings. The van der Waals surface area contributed by atoms with E-state index in [0.717, 1.165) is 5.56 Å². The number of carbonyl (C=O) groups excluding carboxylic acids is 2. The first-order valence-corrected chi connectivity index (χ1v) is 7.14. The van der Waals surface area contributed by atoms with Crippen LogP contribution < -0.4 is 10.1 Å². The number of aryl methyl sites for hydroxylation is 1. The lowest BCUT2D eigenvalue weighted by molar-refractivity contribution is -0.140. The SMILES string of the molecule is COC(=O)CCc1cccc(Oc2ccnc(NC(C)=O)c2)c1. The van der Waals surface area contributed by atoms with Gasteiger partial charge in [0, 0.05) is 25.6 Å². The molecule has 0 unspecified atom stereocenters. The van der Waals surface area contributed by atoms with Crippen molar-refractivity contribution in [3.8, 4) is 11.5 Å². The molecule has 6 nitrogen and oxygen atoms in total. The summed E-state index contributed by atoms with van der Waals surface area (Å²) in [4.78, 5) is 26.3. The predicted molar refractivity (Wildman–Crippen MR) is 85.4 cm³/mol. The highest BCUT2D eigenvalue weighted by molar-refractivity contribution is 5.87. The van der Waals surface area contributed by atoms with Crippen LogP contribution in [-0.4, -0.2) is 24.0 Å². The Morgan fingerprint density at radius 2 is 1.96 bits per heavy atom. The average Bonchev–Trinajstić information content (AvgIpc) is 2.52. The standard InChI is InChI=1S/C17H18N2O4/c1-12(20)19-16-11-15(8-9-18-16)23-14-5-3-4-13(10-14)6-7-17(21)22-2/h3-5,8-11H,6-7H2,1-2H3,(H,18,19,20). The second-order valence-electron chi connectivity index (χ2n) is 4.88. The zero-order chi connectivity index (χ0) is 16.7. The van der Waals surface area contributed by atoms with E-state index >= 15 is 0 Å². The van der Waals surface area contributed by atoms with Crippen LogP contribution >= 0.6 is 0 Å². The summed E-state index contributed by atoms with van der Waals surface area (Å²) in [7, 11) is 1.37. The van der Waals surface area contributed by atoms with Crippen molar-refractivity contribution in [3.05, 3.63) is 48.2 Å². The number of hydrogen-bond donors (Lipinski definition) is 1. The number of pyridine rings is 1. The summed E-state index contributed by atoms with van der Waals surface area (Å²) in [5, 5.41) is 2.60. The maximum atomic E-state index is 11.2. The second-order valence-corrected chi connectivity index (χ2v) is 4.88. The van der Waals surface area contributed by atoms with Crippen molar-refractivity contribution >= 4 is 17.7 Å². The first-order chi connectivity index (χ1) is 11.1. The molecule has 0 aliphatic heterocycles. The van der Waals surface area contributed by atoms with Gasteiger partial charge < -0.3 is 14.8 Å². The van der Waals surface area contributed by atoms with Gasteiger partial charge in [0.25, 0.3) is 0 Å². The molecule has 1 amide bonds. The van der Waals surface area contributed by atoms with E-state index in [4.69, 9.17) is 4.74 Å². The number of benzene rings is 1. The highest BCUT2D eigenvalue weighted by Gasteiger charge is 2.05. The van der Waals surface area contributed by atoms with Gasteiger partial charge in [-0.2, -0.15) is 0 Å².